The summed E-state index contributed by atoms with van der Waals surface area (Å²) in [6, 6.07) is 2.99. The number of halogens is 4. The zero-order valence-electron chi connectivity index (χ0n) is 9.17. The van der Waals surface area contributed by atoms with Gasteiger partial charge < -0.3 is 5.73 Å². The predicted octanol–water partition coefficient (Wildman–Crippen LogP) is 1.99. The number of nitrogens with two attached hydrogens (primary N) is 1. The van der Waals surface area contributed by atoms with Crippen LogP contribution in [-0.2, 0) is 6.54 Å². The Labute approximate surface area is 97.0 Å². The van der Waals surface area contributed by atoms with Crippen molar-refractivity contribution >= 4 is 0 Å². The molecule has 0 aliphatic rings. The SMILES string of the molecule is NCCN(Cc1cc(F)cc(F)c1)CC(F)F. The maximum absolute atomic E-state index is 12.9. The zero-order valence-corrected chi connectivity index (χ0v) is 9.17. The lowest BCUT2D eigenvalue weighted by Crippen LogP contribution is -2.33. The van der Waals surface area contributed by atoms with Crippen molar-refractivity contribution in [1.29, 1.82) is 0 Å². The van der Waals surface area contributed by atoms with Gasteiger partial charge in [-0.25, -0.2) is 17.6 Å². The zero-order chi connectivity index (χ0) is 12.8. The van der Waals surface area contributed by atoms with Crippen LogP contribution in [0.2, 0.25) is 0 Å². The van der Waals surface area contributed by atoms with Gasteiger partial charge in [-0.2, -0.15) is 0 Å². The molecule has 0 aliphatic heterocycles. The van der Waals surface area contributed by atoms with Crippen molar-refractivity contribution in [2.75, 3.05) is 19.6 Å². The van der Waals surface area contributed by atoms with Crippen molar-refractivity contribution in [3.8, 4) is 0 Å². The van der Waals surface area contributed by atoms with Crippen molar-refractivity contribution in [3.63, 3.8) is 0 Å². The molecule has 1 aromatic rings. The second-order valence-electron chi connectivity index (χ2n) is 3.69. The molecule has 0 radical (unpaired) electrons. The summed E-state index contributed by atoms with van der Waals surface area (Å²) < 4.78 is 50.3. The van der Waals surface area contributed by atoms with E-state index in [1.54, 1.807) is 0 Å². The predicted molar refractivity (Wildman–Crippen MR) is 56.7 cm³/mol. The maximum atomic E-state index is 12.9. The van der Waals surface area contributed by atoms with Crippen LogP contribution in [-0.4, -0.2) is 31.0 Å². The van der Waals surface area contributed by atoms with E-state index in [2.05, 4.69) is 0 Å². The molecular formula is C11H14F4N2. The number of hydrogen-bond acceptors (Lipinski definition) is 2. The summed E-state index contributed by atoms with van der Waals surface area (Å²) in [6.07, 6.45) is -2.50. The average molecular weight is 250 g/mol. The van der Waals surface area contributed by atoms with Crippen LogP contribution in [0.1, 0.15) is 5.56 Å². The van der Waals surface area contributed by atoms with E-state index in [1.807, 2.05) is 0 Å². The highest BCUT2D eigenvalue weighted by Gasteiger charge is 2.12. The Morgan fingerprint density at radius 3 is 2.18 bits per heavy atom. The summed E-state index contributed by atoms with van der Waals surface area (Å²) >= 11 is 0. The molecule has 0 aromatic heterocycles. The average Bonchev–Trinajstić information content (AvgIpc) is 2.14. The second-order valence-corrected chi connectivity index (χ2v) is 3.69. The Bertz CT molecular complexity index is 337. The van der Waals surface area contributed by atoms with Gasteiger partial charge in [0.2, 0.25) is 0 Å². The molecule has 1 aromatic carbocycles. The van der Waals surface area contributed by atoms with Crippen molar-refractivity contribution < 1.29 is 17.6 Å². The van der Waals surface area contributed by atoms with Crippen LogP contribution in [0.5, 0.6) is 0 Å². The number of hydrogen-bond donors (Lipinski definition) is 1. The fourth-order valence-electron chi connectivity index (χ4n) is 1.57. The highest BCUT2D eigenvalue weighted by atomic mass is 19.3. The smallest absolute Gasteiger partial charge is 0.251 e. The Hall–Kier alpha value is -1.14. The number of nitrogens with zero attached hydrogens (tertiary/aromatic N) is 1. The van der Waals surface area contributed by atoms with Gasteiger partial charge in [0, 0.05) is 25.7 Å². The second kappa shape index (κ2) is 6.56. The fraction of sp³-hybridized carbons (Fsp3) is 0.455. The Balaban J connectivity index is 2.70. The molecule has 0 fully saturated rings. The number of alkyl halides is 2. The molecule has 0 saturated carbocycles. The molecule has 6 heteroatoms. The van der Waals surface area contributed by atoms with Gasteiger partial charge in [0.05, 0.1) is 6.54 Å². The molecule has 2 N–H and O–H groups in total. The molecule has 2 nitrogen and oxygen atoms in total. The molecule has 0 aliphatic carbocycles. The van der Waals surface area contributed by atoms with Crippen LogP contribution in [0.15, 0.2) is 18.2 Å². The van der Waals surface area contributed by atoms with E-state index in [0.717, 1.165) is 18.2 Å². The van der Waals surface area contributed by atoms with Crippen molar-refractivity contribution in [3.05, 3.63) is 35.4 Å². The molecule has 17 heavy (non-hydrogen) atoms. The summed E-state index contributed by atoms with van der Waals surface area (Å²) in [5.74, 6) is -1.44. The first-order valence-corrected chi connectivity index (χ1v) is 5.17. The number of rotatable bonds is 6. The topological polar surface area (TPSA) is 29.3 Å². The van der Waals surface area contributed by atoms with Crippen LogP contribution >= 0.6 is 0 Å². The first kappa shape index (κ1) is 13.9. The molecule has 0 unspecified atom stereocenters. The molecule has 0 heterocycles. The Morgan fingerprint density at radius 2 is 1.71 bits per heavy atom. The van der Waals surface area contributed by atoms with E-state index in [-0.39, 0.29) is 19.6 Å². The first-order chi connectivity index (χ1) is 8.01. The van der Waals surface area contributed by atoms with Crippen molar-refractivity contribution in [2.24, 2.45) is 5.73 Å². The monoisotopic (exact) mass is 250 g/mol. The van der Waals surface area contributed by atoms with Crippen LogP contribution in [0.25, 0.3) is 0 Å². The minimum atomic E-state index is -2.50. The Morgan fingerprint density at radius 1 is 1.12 bits per heavy atom. The first-order valence-electron chi connectivity index (χ1n) is 5.17. The largest absolute Gasteiger partial charge is 0.329 e. The Kier molecular flexibility index (Phi) is 5.37. The van der Waals surface area contributed by atoms with E-state index in [4.69, 9.17) is 5.73 Å². The maximum Gasteiger partial charge on any atom is 0.251 e. The van der Waals surface area contributed by atoms with Crippen LogP contribution in [0.4, 0.5) is 17.6 Å². The van der Waals surface area contributed by atoms with Gasteiger partial charge in [0.25, 0.3) is 6.43 Å². The van der Waals surface area contributed by atoms with Crippen LogP contribution in [0.3, 0.4) is 0 Å². The van der Waals surface area contributed by atoms with E-state index in [1.165, 1.54) is 4.90 Å². The van der Waals surface area contributed by atoms with Gasteiger partial charge in [0.15, 0.2) is 0 Å². The number of benzene rings is 1. The van der Waals surface area contributed by atoms with E-state index >= 15 is 0 Å². The molecular weight excluding hydrogens is 236 g/mol. The summed E-state index contributed by atoms with van der Waals surface area (Å²) in [6.45, 7) is 0.0541. The fourth-order valence-corrected chi connectivity index (χ4v) is 1.57. The minimum absolute atomic E-state index is 0.0518. The van der Waals surface area contributed by atoms with E-state index in [0.29, 0.717) is 5.56 Å². The summed E-state index contributed by atoms with van der Waals surface area (Å²) in [5.41, 5.74) is 5.60. The van der Waals surface area contributed by atoms with E-state index < -0.39 is 24.6 Å². The van der Waals surface area contributed by atoms with Gasteiger partial charge in [-0.1, -0.05) is 0 Å². The molecule has 0 amide bonds. The van der Waals surface area contributed by atoms with Gasteiger partial charge in [0.1, 0.15) is 11.6 Å². The van der Waals surface area contributed by atoms with Gasteiger partial charge >= 0.3 is 0 Å². The molecule has 0 bridgehead atoms. The third-order valence-electron chi connectivity index (χ3n) is 2.17. The third-order valence-corrected chi connectivity index (χ3v) is 2.17. The lowest BCUT2D eigenvalue weighted by Gasteiger charge is -2.21. The normalized spacial score (nSPS) is 11.5. The minimum Gasteiger partial charge on any atom is -0.329 e. The van der Waals surface area contributed by atoms with Crippen molar-refractivity contribution in [2.45, 2.75) is 13.0 Å². The van der Waals surface area contributed by atoms with Gasteiger partial charge in [-0.3, -0.25) is 4.90 Å². The summed E-state index contributed by atoms with van der Waals surface area (Å²) in [5, 5.41) is 0. The van der Waals surface area contributed by atoms with Gasteiger partial charge in [-0.15, -0.1) is 0 Å². The quantitative estimate of drug-likeness (QED) is 0.782. The lowest BCUT2D eigenvalue weighted by atomic mass is 10.2. The molecule has 1 rings (SSSR count). The molecule has 0 atom stereocenters. The molecule has 96 valence electrons. The third kappa shape index (κ3) is 5.14. The lowest BCUT2D eigenvalue weighted by molar-refractivity contribution is 0.0862. The van der Waals surface area contributed by atoms with E-state index in [9.17, 15) is 17.6 Å². The van der Waals surface area contributed by atoms with Crippen molar-refractivity contribution in [1.82, 2.24) is 4.90 Å². The van der Waals surface area contributed by atoms with Gasteiger partial charge in [-0.05, 0) is 17.7 Å². The summed E-state index contributed by atoms with van der Waals surface area (Å²) in [7, 11) is 0. The highest BCUT2D eigenvalue weighted by Crippen LogP contribution is 2.11. The van der Waals surface area contributed by atoms with Crippen LogP contribution in [0, 0.1) is 11.6 Å². The molecule has 0 spiro atoms. The standard InChI is InChI=1S/C11H14F4N2/c12-9-3-8(4-10(13)5-9)6-17(2-1-16)7-11(14)15/h3-5,11H,1-2,6-7,16H2. The van der Waals surface area contributed by atoms with Crippen LogP contribution < -0.4 is 5.73 Å². The highest BCUT2D eigenvalue weighted by molar-refractivity contribution is 5.17. The molecule has 0 saturated heterocycles. The summed E-state index contributed by atoms with van der Waals surface area (Å²) in [4.78, 5) is 1.36.